The molecule has 4 rings (SSSR count). The zero-order valence-electron chi connectivity index (χ0n) is 12.1. The number of ether oxygens (including phenoxy) is 1. The quantitative estimate of drug-likeness (QED) is 0.903. The van der Waals surface area contributed by atoms with Gasteiger partial charge in [0.2, 0.25) is 0 Å². The van der Waals surface area contributed by atoms with Gasteiger partial charge in [-0.15, -0.1) is 0 Å². The molecular formula is C16H17N5O. The number of allylic oxidation sites excluding steroid dienone is 1. The van der Waals surface area contributed by atoms with Crippen LogP contribution in [0.1, 0.15) is 12.0 Å². The zero-order valence-corrected chi connectivity index (χ0v) is 12.1. The van der Waals surface area contributed by atoms with Crippen molar-refractivity contribution in [2.24, 2.45) is 4.99 Å². The summed E-state index contributed by atoms with van der Waals surface area (Å²) in [5.41, 5.74) is 10.7. The molecule has 2 aromatic heterocycles. The van der Waals surface area contributed by atoms with Gasteiger partial charge in [0.1, 0.15) is 11.3 Å². The van der Waals surface area contributed by atoms with E-state index in [0.29, 0.717) is 25.0 Å². The highest BCUT2D eigenvalue weighted by Crippen LogP contribution is 2.27. The summed E-state index contributed by atoms with van der Waals surface area (Å²) in [5.74, 6) is 0.490. The fourth-order valence-corrected chi connectivity index (χ4v) is 2.82. The molecule has 0 unspecified atom stereocenters. The van der Waals surface area contributed by atoms with E-state index in [1.807, 2.05) is 30.6 Å². The summed E-state index contributed by atoms with van der Waals surface area (Å²) in [6.45, 7) is 2.20. The van der Waals surface area contributed by atoms with Crippen LogP contribution < -0.4 is 11.1 Å². The first-order chi connectivity index (χ1) is 10.8. The van der Waals surface area contributed by atoms with E-state index < -0.39 is 0 Å². The predicted molar refractivity (Wildman–Crippen MR) is 88.1 cm³/mol. The van der Waals surface area contributed by atoms with Crippen LogP contribution in [0.25, 0.3) is 16.6 Å². The van der Waals surface area contributed by atoms with E-state index in [1.165, 1.54) is 0 Å². The second-order valence-electron chi connectivity index (χ2n) is 5.57. The Hall–Kier alpha value is -2.47. The Labute approximate surface area is 128 Å². The van der Waals surface area contributed by atoms with E-state index in [1.54, 1.807) is 0 Å². The molecule has 22 heavy (non-hydrogen) atoms. The van der Waals surface area contributed by atoms with Crippen molar-refractivity contribution in [3.8, 4) is 0 Å². The molecule has 6 nitrogen and oxygen atoms in total. The maximum atomic E-state index is 5.95. The lowest BCUT2D eigenvalue weighted by atomic mass is 10.1. The number of nitrogens with zero attached hydrogens (tertiary/aromatic N) is 3. The number of nitrogens with two attached hydrogens (primary N) is 1. The van der Waals surface area contributed by atoms with Crippen LogP contribution in [-0.4, -0.2) is 42.0 Å². The number of nitrogen functional groups attached to an aromatic ring is 1. The monoisotopic (exact) mass is 295 g/mol. The van der Waals surface area contributed by atoms with Crippen molar-refractivity contribution in [2.75, 3.05) is 30.8 Å². The number of anilines is 2. The number of aliphatic imine (C=N–C) groups is 1. The molecule has 0 saturated carbocycles. The van der Waals surface area contributed by atoms with Crippen LogP contribution in [0.3, 0.4) is 0 Å². The number of rotatable bonds is 3. The molecule has 0 spiro atoms. The third-order valence-electron chi connectivity index (χ3n) is 3.97. The molecule has 112 valence electrons. The van der Waals surface area contributed by atoms with Crippen molar-refractivity contribution >= 4 is 34.3 Å². The number of hydrogen-bond donors (Lipinski definition) is 2. The summed E-state index contributed by atoms with van der Waals surface area (Å²) < 4.78 is 5.41. The highest BCUT2D eigenvalue weighted by molar-refractivity contribution is 5.94. The molecule has 3 N–H and O–H groups in total. The second kappa shape index (κ2) is 5.38. The summed E-state index contributed by atoms with van der Waals surface area (Å²) in [5, 5.41) is 3.47. The maximum absolute atomic E-state index is 5.95. The Morgan fingerprint density at radius 3 is 3.05 bits per heavy atom. The number of pyridine rings is 2. The molecule has 0 amide bonds. The summed E-state index contributed by atoms with van der Waals surface area (Å²) in [7, 11) is 0. The first kappa shape index (κ1) is 13.2. The van der Waals surface area contributed by atoms with E-state index in [2.05, 4.69) is 20.3 Å². The molecule has 0 aliphatic carbocycles. The predicted octanol–water partition coefficient (Wildman–Crippen LogP) is 1.88. The van der Waals surface area contributed by atoms with Crippen molar-refractivity contribution < 1.29 is 4.74 Å². The van der Waals surface area contributed by atoms with Gasteiger partial charge in [0.15, 0.2) is 0 Å². The first-order valence-corrected chi connectivity index (χ1v) is 7.39. The highest BCUT2D eigenvalue weighted by Gasteiger charge is 2.17. The van der Waals surface area contributed by atoms with Gasteiger partial charge in [-0.2, -0.15) is 0 Å². The molecule has 2 aliphatic heterocycles. The van der Waals surface area contributed by atoms with E-state index in [4.69, 9.17) is 10.5 Å². The van der Waals surface area contributed by atoms with Crippen molar-refractivity contribution in [1.29, 1.82) is 0 Å². The van der Waals surface area contributed by atoms with Gasteiger partial charge in [-0.05, 0) is 24.1 Å². The molecule has 4 heterocycles. The van der Waals surface area contributed by atoms with E-state index in [0.717, 1.165) is 40.9 Å². The summed E-state index contributed by atoms with van der Waals surface area (Å²) in [6, 6.07) is 4.17. The lowest BCUT2D eigenvalue weighted by Crippen LogP contribution is -2.19. The van der Waals surface area contributed by atoms with Crippen LogP contribution in [0.15, 0.2) is 29.4 Å². The smallest absolute Gasteiger partial charge is 0.126 e. The minimum absolute atomic E-state index is 0.303. The Morgan fingerprint density at radius 1 is 1.32 bits per heavy atom. The highest BCUT2D eigenvalue weighted by atomic mass is 16.5. The molecule has 2 aromatic rings. The van der Waals surface area contributed by atoms with Crippen molar-refractivity contribution in [1.82, 2.24) is 9.97 Å². The van der Waals surface area contributed by atoms with Gasteiger partial charge in [-0.25, -0.2) is 4.98 Å². The third-order valence-corrected chi connectivity index (χ3v) is 3.97. The topological polar surface area (TPSA) is 85.4 Å². The number of aromatic nitrogens is 2. The molecule has 1 atom stereocenters. The molecule has 0 aromatic carbocycles. The second-order valence-corrected chi connectivity index (χ2v) is 5.57. The Kier molecular flexibility index (Phi) is 3.23. The Bertz CT molecular complexity index is 777. The number of nitrogens with one attached hydrogen (secondary N) is 1. The molecule has 1 fully saturated rings. The van der Waals surface area contributed by atoms with Crippen LogP contribution in [0.4, 0.5) is 11.5 Å². The fraction of sp³-hybridized carbons (Fsp3) is 0.312. The summed E-state index contributed by atoms with van der Waals surface area (Å²) in [4.78, 5) is 13.2. The van der Waals surface area contributed by atoms with E-state index in [-0.39, 0.29) is 0 Å². The summed E-state index contributed by atoms with van der Waals surface area (Å²) >= 11 is 0. The molecule has 1 saturated heterocycles. The number of hydrogen-bond acceptors (Lipinski definition) is 6. The van der Waals surface area contributed by atoms with E-state index in [9.17, 15) is 0 Å². The normalized spacial score (nSPS) is 20.5. The van der Waals surface area contributed by atoms with Gasteiger partial charge < -0.3 is 15.8 Å². The largest absolute Gasteiger partial charge is 0.384 e. The standard InChI is InChI=1S/C16H17N5O/c17-15-6-14(20-12-2-4-22-9-12)16-13(21-15)5-11(8-19-16)10-1-3-18-7-10/h1,3,5-6,8,12H,2,4,7,9H2,(H3,17,20,21)/t12-/m0/s1. The lowest BCUT2D eigenvalue weighted by Gasteiger charge is -2.15. The van der Waals surface area contributed by atoms with Crippen LogP contribution in [-0.2, 0) is 4.74 Å². The van der Waals surface area contributed by atoms with Crippen molar-refractivity contribution in [3.63, 3.8) is 0 Å². The Morgan fingerprint density at radius 2 is 2.27 bits per heavy atom. The molecule has 0 radical (unpaired) electrons. The molecule has 0 bridgehead atoms. The van der Waals surface area contributed by atoms with Gasteiger partial charge in [0.25, 0.3) is 0 Å². The minimum atomic E-state index is 0.303. The zero-order chi connectivity index (χ0) is 14.9. The maximum Gasteiger partial charge on any atom is 0.126 e. The van der Waals surface area contributed by atoms with Gasteiger partial charge in [0, 0.05) is 30.6 Å². The van der Waals surface area contributed by atoms with E-state index >= 15 is 0 Å². The lowest BCUT2D eigenvalue weighted by molar-refractivity contribution is 0.195. The van der Waals surface area contributed by atoms with Crippen LogP contribution in [0.5, 0.6) is 0 Å². The Balaban J connectivity index is 1.73. The number of fused-ring (bicyclic) bond motifs is 1. The average molecular weight is 295 g/mol. The molecular weight excluding hydrogens is 278 g/mol. The van der Waals surface area contributed by atoms with Crippen LogP contribution >= 0.6 is 0 Å². The van der Waals surface area contributed by atoms with Gasteiger partial charge in [0.05, 0.1) is 30.4 Å². The molecule has 6 heteroatoms. The van der Waals surface area contributed by atoms with Crippen LogP contribution in [0.2, 0.25) is 0 Å². The minimum Gasteiger partial charge on any atom is -0.384 e. The first-order valence-electron chi connectivity index (χ1n) is 7.39. The van der Waals surface area contributed by atoms with Gasteiger partial charge in [-0.3, -0.25) is 9.98 Å². The van der Waals surface area contributed by atoms with Gasteiger partial charge in [-0.1, -0.05) is 0 Å². The SMILES string of the molecule is Nc1cc(N[C@H]2CCOC2)c2ncc(C3=CC=NC3)cc2n1. The van der Waals surface area contributed by atoms with Crippen molar-refractivity contribution in [3.05, 3.63) is 30.0 Å². The fourth-order valence-electron chi connectivity index (χ4n) is 2.82. The average Bonchev–Trinajstić information content (AvgIpc) is 3.20. The molecule has 2 aliphatic rings. The summed E-state index contributed by atoms with van der Waals surface area (Å²) in [6.07, 6.45) is 6.69. The van der Waals surface area contributed by atoms with Crippen molar-refractivity contribution in [2.45, 2.75) is 12.5 Å². The third kappa shape index (κ3) is 2.42. The van der Waals surface area contributed by atoms with Crippen LogP contribution in [0, 0.1) is 0 Å². The van der Waals surface area contributed by atoms with Gasteiger partial charge >= 0.3 is 0 Å².